The second-order valence-electron chi connectivity index (χ2n) is 7.13. The van der Waals surface area contributed by atoms with Crippen LogP contribution in [0.15, 0.2) is 47.2 Å². The fraction of sp³-hybridized carbons (Fsp3) is 0.350. The lowest BCUT2D eigenvalue weighted by atomic mass is 9.78. The minimum absolute atomic E-state index is 0.204. The van der Waals surface area contributed by atoms with Crippen molar-refractivity contribution in [3.05, 3.63) is 59.8 Å². The minimum atomic E-state index is -0.364. The standard InChI is InChI=1S/C20H21FN4O2/c1-25-12-14(11-23-25)18-10-17(24-27-18)19(26)22-13-20(8-4-5-9-20)15-6-2-3-7-16(15)21/h2-3,6-7,10-12H,4-5,8-9,13H2,1H3,(H,22,26). The maximum absolute atomic E-state index is 14.4. The Hall–Kier alpha value is -2.96. The topological polar surface area (TPSA) is 73.0 Å². The maximum Gasteiger partial charge on any atom is 0.273 e. The van der Waals surface area contributed by atoms with Crippen LogP contribution in [0, 0.1) is 5.82 Å². The third-order valence-corrected chi connectivity index (χ3v) is 5.33. The summed E-state index contributed by atoms with van der Waals surface area (Å²) in [4.78, 5) is 12.6. The van der Waals surface area contributed by atoms with E-state index in [-0.39, 0.29) is 22.8 Å². The summed E-state index contributed by atoms with van der Waals surface area (Å²) in [5, 5.41) is 10.9. The molecular weight excluding hydrogens is 347 g/mol. The number of rotatable bonds is 5. The first kappa shape index (κ1) is 17.5. The maximum atomic E-state index is 14.4. The van der Waals surface area contributed by atoms with Crippen LogP contribution < -0.4 is 5.32 Å². The summed E-state index contributed by atoms with van der Waals surface area (Å²) >= 11 is 0. The van der Waals surface area contributed by atoms with Gasteiger partial charge in [-0.25, -0.2) is 4.39 Å². The highest BCUT2D eigenvalue weighted by atomic mass is 19.1. The lowest BCUT2D eigenvalue weighted by Gasteiger charge is -2.30. The third kappa shape index (κ3) is 3.37. The van der Waals surface area contributed by atoms with Gasteiger partial charge in [-0.1, -0.05) is 36.2 Å². The van der Waals surface area contributed by atoms with Crippen molar-refractivity contribution in [3.8, 4) is 11.3 Å². The molecule has 0 spiro atoms. The van der Waals surface area contributed by atoms with Gasteiger partial charge in [-0.3, -0.25) is 9.48 Å². The van der Waals surface area contributed by atoms with Crippen LogP contribution in [0.2, 0.25) is 0 Å². The first-order chi connectivity index (χ1) is 13.1. The van der Waals surface area contributed by atoms with E-state index in [1.807, 2.05) is 12.1 Å². The molecule has 6 nitrogen and oxygen atoms in total. The van der Waals surface area contributed by atoms with Crippen molar-refractivity contribution in [2.75, 3.05) is 6.54 Å². The van der Waals surface area contributed by atoms with Crippen LogP contribution >= 0.6 is 0 Å². The number of carbonyl (C=O) groups excluding carboxylic acids is 1. The molecule has 27 heavy (non-hydrogen) atoms. The first-order valence-corrected chi connectivity index (χ1v) is 9.06. The molecule has 0 aliphatic heterocycles. The smallest absolute Gasteiger partial charge is 0.273 e. The number of aromatic nitrogens is 3. The molecule has 1 N–H and O–H groups in total. The van der Waals surface area contributed by atoms with Gasteiger partial charge in [0.1, 0.15) is 5.82 Å². The molecule has 1 saturated carbocycles. The molecule has 2 aromatic heterocycles. The molecule has 4 rings (SSSR count). The predicted molar refractivity (Wildman–Crippen MR) is 97.6 cm³/mol. The van der Waals surface area contributed by atoms with Gasteiger partial charge in [0.25, 0.3) is 5.91 Å². The van der Waals surface area contributed by atoms with Crippen molar-refractivity contribution < 1.29 is 13.7 Å². The molecule has 2 heterocycles. The largest absolute Gasteiger partial charge is 0.355 e. The van der Waals surface area contributed by atoms with Gasteiger partial charge in [0, 0.05) is 31.3 Å². The molecule has 0 unspecified atom stereocenters. The zero-order valence-electron chi connectivity index (χ0n) is 15.1. The predicted octanol–water partition coefficient (Wildman–Crippen LogP) is 3.46. The molecule has 1 aliphatic rings. The van der Waals surface area contributed by atoms with E-state index in [2.05, 4.69) is 15.6 Å². The highest BCUT2D eigenvalue weighted by Gasteiger charge is 2.38. The summed E-state index contributed by atoms with van der Waals surface area (Å²) in [5.74, 6) is -0.0524. The van der Waals surface area contributed by atoms with Crippen LogP contribution in [-0.4, -0.2) is 27.4 Å². The Morgan fingerprint density at radius 2 is 2.11 bits per heavy atom. The van der Waals surface area contributed by atoms with Crippen molar-refractivity contribution in [3.63, 3.8) is 0 Å². The van der Waals surface area contributed by atoms with Crippen LogP contribution in [0.3, 0.4) is 0 Å². The fourth-order valence-electron chi connectivity index (χ4n) is 3.89. The number of carbonyl (C=O) groups is 1. The number of halogens is 1. The van der Waals surface area contributed by atoms with E-state index in [9.17, 15) is 9.18 Å². The number of benzene rings is 1. The van der Waals surface area contributed by atoms with Gasteiger partial charge in [0.05, 0.1) is 11.8 Å². The van der Waals surface area contributed by atoms with Crippen LogP contribution in [0.1, 0.15) is 41.7 Å². The van der Waals surface area contributed by atoms with Gasteiger partial charge in [-0.15, -0.1) is 0 Å². The highest BCUT2D eigenvalue weighted by molar-refractivity contribution is 5.93. The number of nitrogens with one attached hydrogen (secondary N) is 1. The Kier molecular flexibility index (Phi) is 4.51. The molecule has 1 amide bonds. The second kappa shape index (κ2) is 6.98. The molecule has 0 radical (unpaired) electrons. The summed E-state index contributed by atoms with van der Waals surface area (Å²) < 4.78 is 21.3. The average molecular weight is 368 g/mol. The molecular formula is C20H21FN4O2. The molecule has 1 aromatic carbocycles. The van der Waals surface area contributed by atoms with Gasteiger partial charge in [-0.05, 0) is 24.5 Å². The molecule has 0 atom stereocenters. The van der Waals surface area contributed by atoms with Crippen LogP contribution in [0.4, 0.5) is 4.39 Å². The quantitative estimate of drug-likeness (QED) is 0.749. The summed E-state index contributed by atoms with van der Waals surface area (Å²) in [7, 11) is 1.80. The first-order valence-electron chi connectivity index (χ1n) is 9.06. The summed E-state index contributed by atoms with van der Waals surface area (Å²) in [6.45, 7) is 0.377. The number of hydrogen-bond donors (Lipinski definition) is 1. The average Bonchev–Trinajstić information content (AvgIpc) is 3.41. The van der Waals surface area contributed by atoms with Crippen molar-refractivity contribution in [2.45, 2.75) is 31.1 Å². The zero-order valence-corrected chi connectivity index (χ0v) is 15.1. The number of hydrogen-bond acceptors (Lipinski definition) is 4. The Morgan fingerprint density at radius 3 is 2.81 bits per heavy atom. The van der Waals surface area contributed by atoms with Gasteiger partial charge >= 0.3 is 0 Å². The van der Waals surface area contributed by atoms with Crippen LogP contribution in [0.5, 0.6) is 0 Å². The summed E-state index contributed by atoms with van der Waals surface area (Å²) in [5.41, 5.74) is 1.27. The van der Waals surface area contributed by atoms with Gasteiger partial charge in [-0.2, -0.15) is 5.10 Å². The van der Waals surface area contributed by atoms with Crippen LogP contribution in [0.25, 0.3) is 11.3 Å². The van der Waals surface area contributed by atoms with Crippen molar-refractivity contribution >= 4 is 5.91 Å². The van der Waals surface area contributed by atoms with E-state index in [1.165, 1.54) is 6.07 Å². The monoisotopic (exact) mass is 368 g/mol. The molecule has 7 heteroatoms. The Labute approximate surface area is 156 Å². The number of aryl methyl sites for hydroxylation is 1. The highest BCUT2D eigenvalue weighted by Crippen LogP contribution is 2.41. The summed E-state index contributed by atoms with van der Waals surface area (Å²) in [6.07, 6.45) is 7.20. The van der Waals surface area contributed by atoms with E-state index < -0.39 is 0 Å². The van der Waals surface area contributed by atoms with Crippen LogP contribution in [-0.2, 0) is 12.5 Å². The molecule has 3 aromatic rings. The Balaban J connectivity index is 1.50. The lowest BCUT2D eigenvalue weighted by molar-refractivity contribution is 0.0933. The van der Waals surface area contributed by atoms with Crippen molar-refractivity contribution in [2.24, 2.45) is 7.05 Å². The second-order valence-corrected chi connectivity index (χ2v) is 7.13. The molecule has 0 saturated heterocycles. The molecule has 0 bridgehead atoms. The molecule has 140 valence electrons. The van der Waals surface area contributed by atoms with E-state index in [1.54, 1.807) is 36.3 Å². The van der Waals surface area contributed by atoms with E-state index in [0.29, 0.717) is 17.9 Å². The third-order valence-electron chi connectivity index (χ3n) is 5.33. The van der Waals surface area contributed by atoms with E-state index >= 15 is 0 Å². The zero-order chi connectivity index (χ0) is 18.9. The molecule has 1 aliphatic carbocycles. The SMILES string of the molecule is Cn1cc(-c2cc(C(=O)NCC3(c4ccccc4F)CCCC3)no2)cn1. The minimum Gasteiger partial charge on any atom is -0.355 e. The number of nitrogens with zero attached hydrogens (tertiary/aromatic N) is 3. The van der Waals surface area contributed by atoms with E-state index in [4.69, 9.17) is 4.52 Å². The Morgan fingerprint density at radius 1 is 1.33 bits per heavy atom. The fourth-order valence-corrected chi connectivity index (χ4v) is 3.89. The number of amides is 1. The van der Waals surface area contributed by atoms with Gasteiger partial charge < -0.3 is 9.84 Å². The Bertz CT molecular complexity index is 956. The lowest BCUT2D eigenvalue weighted by Crippen LogP contribution is -2.39. The van der Waals surface area contributed by atoms with Crippen molar-refractivity contribution in [1.82, 2.24) is 20.3 Å². The van der Waals surface area contributed by atoms with Crippen molar-refractivity contribution in [1.29, 1.82) is 0 Å². The molecule has 1 fully saturated rings. The summed E-state index contributed by atoms with van der Waals surface area (Å²) in [6, 6.07) is 8.43. The normalized spacial score (nSPS) is 15.8. The van der Waals surface area contributed by atoms with Gasteiger partial charge in [0.2, 0.25) is 0 Å². The van der Waals surface area contributed by atoms with E-state index in [0.717, 1.165) is 31.2 Å². The van der Waals surface area contributed by atoms with Gasteiger partial charge in [0.15, 0.2) is 11.5 Å².